The van der Waals surface area contributed by atoms with E-state index in [4.69, 9.17) is 0 Å². The number of rotatable bonds is 5. The Kier molecular flexibility index (Phi) is 4.84. The van der Waals surface area contributed by atoms with Gasteiger partial charge in [-0.1, -0.05) is 27.7 Å². The molecule has 2 rings (SSSR count). The lowest BCUT2D eigenvalue weighted by Gasteiger charge is -2.31. The number of aromatic nitrogens is 2. The molecule has 1 fully saturated rings. The molecule has 1 aliphatic rings. The van der Waals surface area contributed by atoms with E-state index >= 15 is 0 Å². The van der Waals surface area contributed by atoms with Gasteiger partial charge in [-0.25, -0.2) is 9.97 Å². The van der Waals surface area contributed by atoms with E-state index in [0.29, 0.717) is 17.9 Å². The van der Waals surface area contributed by atoms with Gasteiger partial charge >= 0.3 is 0 Å². The first-order chi connectivity index (χ1) is 9.56. The molecule has 1 aromatic heterocycles. The minimum Gasteiger partial charge on any atom is -0.370 e. The zero-order valence-electron chi connectivity index (χ0n) is 13.5. The summed E-state index contributed by atoms with van der Waals surface area (Å²) < 4.78 is 0. The second kappa shape index (κ2) is 6.42. The molecule has 1 saturated heterocycles. The van der Waals surface area contributed by atoms with Crippen LogP contribution in [-0.4, -0.2) is 29.1 Å². The fourth-order valence-corrected chi connectivity index (χ4v) is 3.20. The van der Waals surface area contributed by atoms with E-state index in [1.807, 2.05) is 0 Å². The van der Waals surface area contributed by atoms with Crippen molar-refractivity contribution in [1.29, 1.82) is 0 Å². The van der Waals surface area contributed by atoms with Crippen LogP contribution in [-0.2, 0) is 0 Å². The second-order valence-electron chi connectivity index (χ2n) is 6.29. The summed E-state index contributed by atoms with van der Waals surface area (Å²) in [5.74, 6) is 3.23. The molecule has 1 aromatic rings. The average Bonchev–Trinajstić information content (AvgIpc) is 2.87. The Morgan fingerprint density at radius 3 is 2.65 bits per heavy atom. The molecule has 1 unspecified atom stereocenters. The van der Waals surface area contributed by atoms with Crippen LogP contribution >= 0.6 is 0 Å². The molecular formula is C16H28N4. The van der Waals surface area contributed by atoms with Crippen LogP contribution < -0.4 is 10.2 Å². The quantitative estimate of drug-likeness (QED) is 0.891. The highest BCUT2D eigenvalue weighted by atomic mass is 15.2. The van der Waals surface area contributed by atoms with Gasteiger partial charge in [-0.3, -0.25) is 0 Å². The van der Waals surface area contributed by atoms with Gasteiger partial charge in [-0.15, -0.1) is 0 Å². The lowest BCUT2D eigenvalue weighted by molar-refractivity contribution is 0.488. The molecule has 0 radical (unpaired) electrons. The van der Waals surface area contributed by atoms with Gasteiger partial charge in [0.05, 0.1) is 0 Å². The van der Waals surface area contributed by atoms with Crippen LogP contribution in [0.1, 0.15) is 58.9 Å². The number of hydrogen-bond acceptors (Lipinski definition) is 4. The van der Waals surface area contributed by atoms with E-state index in [2.05, 4.69) is 54.8 Å². The van der Waals surface area contributed by atoms with Crippen molar-refractivity contribution in [2.45, 2.75) is 59.4 Å². The Morgan fingerprint density at radius 2 is 2.05 bits per heavy atom. The first-order valence-corrected chi connectivity index (χ1v) is 7.91. The van der Waals surface area contributed by atoms with Crippen LogP contribution in [0.25, 0.3) is 0 Å². The maximum Gasteiger partial charge on any atom is 0.137 e. The van der Waals surface area contributed by atoms with Gasteiger partial charge in [0, 0.05) is 24.7 Å². The SMILES string of the molecule is CCNc1ncnc(N2CCCC2C(C)C)c1C(C)C. The normalized spacial score (nSPS) is 19.1. The van der Waals surface area contributed by atoms with Gasteiger partial charge in [-0.2, -0.15) is 0 Å². The van der Waals surface area contributed by atoms with Gasteiger partial charge in [0.1, 0.15) is 18.0 Å². The Balaban J connectivity index is 2.42. The highest BCUT2D eigenvalue weighted by molar-refractivity contribution is 5.61. The predicted molar refractivity (Wildman–Crippen MR) is 85.5 cm³/mol. The Morgan fingerprint density at radius 1 is 1.30 bits per heavy atom. The summed E-state index contributed by atoms with van der Waals surface area (Å²) in [7, 11) is 0. The minimum atomic E-state index is 0.425. The largest absolute Gasteiger partial charge is 0.370 e. The first-order valence-electron chi connectivity index (χ1n) is 7.91. The van der Waals surface area contributed by atoms with E-state index < -0.39 is 0 Å². The predicted octanol–water partition coefficient (Wildman–Crippen LogP) is 3.66. The maximum atomic E-state index is 4.63. The van der Waals surface area contributed by atoms with E-state index in [-0.39, 0.29) is 0 Å². The second-order valence-corrected chi connectivity index (χ2v) is 6.29. The van der Waals surface area contributed by atoms with Gasteiger partial charge in [-0.05, 0) is 31.6 Å². The van der Waals surface area contributed by atoms with Crippen LogP contribution in [0, 0.1) is 5.92 Å². The van der Waals surface area contributed by atoms with E-state index in [1.165, 1.54) is 18.4 Å². The number of anilines is 2. The molecule has 112 valence electrons. The Labute approximate surface area is 123 Å². The van der Waals surface area contributed by atoms with Gasteiger partial charge in [0.2, 0.25) is 0 Å². The maximum absolute atomic E-state index is 4.63. The molecule has 1 N–H and O–H groups in total. The third-order valence-corrected chi connectivity index (χ3v) is 4.13. The Hall–Kier alpha value is -1.32. The molecule has 0 bridgehead atoms. The summed E-state index contributed by atoms with van der Waals surface area (Å²) in [6, 6.07) is 0.608. The summed E-state index contributed by atoms with van der Waals surface area (Å²) in [6.45, 7) is 13.2. The van der Waals surface area contributed by atoms with Crippen LogP contribution in [0.5, 0.6) is 0 Å². The number of nitrogens with zero attached hydrogens (tertiary/aromatic N) is 3. The van der Waals surface area contributed by atoms with Crippen molar-refractivity contribution in [1.82, 2.24) is 9.97 Å². The molecule has 4 nitrogen and oxygen atoms in total. The summed E-state index contributed by atoms with van der Waals surface area (Å²) >= 11 is 0. The number of nitrogens with one attached hydrogen (secondary N) is 1. The summed E-state index contributed by atoms with van der Waals surface area (Å²) in [6.07, 6.45) is 4.24. The fourth-order valence-electron chi connectivity index (χ4n) is 3.20. The van der Waals surface area contributed by atoms with Crippen molar-refractivity contribution in [3.8, 4) is 0 Å². The van der Waals surface area contributed by atoms with Crippen molar-refractivity contribution >= 4 is 11.6 Å². The minimum absolute atomic E-state index is 0.425. The topological polar surface area (TPSA) is 41.1 Å². The van der Waals surface area contributed by atoms with Gasteiger partial charge in [0.15, 0.2) is 0 Å². The molecule has 2 heterocycles. The molecule has 4 heteroatoms. The molecule has 0 spiro atoms. The summed E-state index contributed by atoms with van der Waals surface area (Å²) in [4.78, 5) is 11.6. The van der Waals surface area contributed by atoms with Crippen molar-refractivity contribution < 1.29 is 0 Å². The molecule has 0 aromatic carbocycles. The fraction of sp³-hybridized carbons (Fsp3) is 0.750. The highest BCUT2D eigenvalue weighted by Gasteiger charge is 2.31. The van der Waals surface area contributed by atoms with Gasteiger partial charge < -0.3 is 10.2 Å². The average molecular weight is 276 g/mol. The van der Waals surface area contributed by atoms with Crippen LogP contribution in [0.2, 0.25) is 0 Å². The van der Waals surface area contributed by atoms with Crippen molar-refractivity contribution in [3.05, 3.63) is 11.9 Å². The zero-order valence-corrected chi connectivity index (χ0v) is 13.5. The van der Waals surface area contributed by atoms with Crippen molar-refractivity contribution in [3.63, 3.8) is 0 Å². The highest BCUT2D eigenvalue weighted by Crippen LogP contribution is 2.36. The van der Waals surface area contributed by atoms with Crippen LogP contribution in [0.15, 0.2) is 6.33 Å². The molecule has 0 aliphatic carbocycles. The summed E-state index contributed by atoms with van der Waals surface area (Å²) in [5, 5.41) is 3.39. The molecule has 1 atom stereocenters. The zero-order chi connectivity index (χ0) is 14.7. The standard InChI is InChI=1S/C16H28N4/c1-6-17-15-14(12(4)5)16(19-10-18-15)20-9-7-8-13(20)11(2)3/h10-13H,6-9H2,1-5H3,(H,17,18,19). The molecule has 0 saturated carbocycles. The molecule has 1 aliphatic heterocycles. The van der Waals surface area contributed by atoms with Crippen molar-refractivity contribution in [2.75, 3.05) is 23.3 Å². The third-order valence-electron chi connectivity index (χ3n) is 4.13. The molecular weight excluding hydrogens is 248 g/mol. The third kappa shape index (κ3) is 2.89. The van der Waals surface area contributed by atoms with Gasteiger partial charge in [0.25, 0.3) is 0 Å². The lowest BCUT2D eigenvalue weighted by atomic mass is 9.99. The van der Waals surface area contributed by atoms with E-state index in [1.54, 1.807) is 6.33 Å². The monoisotopic (exact) mass is 276 g/mol. The number of hydrogen-bond donors (Lipinski definition) is 1. The van der Waals surface area contributed by atoms with Crippen molar-refractivity contribution in [2.24, 2.45) is 5.92 Å². The Bertz CT molecular complexity index is 442. The van der Waals surface area contributed by atoms with Crippen LogP contribution in [0.4, 0.5) is 11.6 Å². The van der Waals surface area contributed by atoms with E-state index in [0.717, 1.165) is 24.7 Å². The lowest BCUT2D eigenvalue weighted by Crippen LogP contribution is -2.35. The molecule has 20 heavy (non-hydrogen) atoms. The molecule has 0 amide bonds. The summed E-state index contributed by atoms with van der Waals surface area (Å²) in [5.41, 5.74) is 1.27. The van der Waals surface area contributed by atoms with E-state index in [9.17, 15) is 0 Å². The van der Waals surface area contributed by atoms with Crippen LogP contribution in [0.3, 0.4) is 0 Å². The first kappa shape index (κ1) is 15.1. The smallest absolute Gasteiger partial charge is 0.137 e.